The van der Waals surface area contributed by atoms with Gasteiger partial charge in [-0.1, -0.05) is 12.2 Å². The van der Waals surface area contributed by atoms with Gasteiger partial charge in [0.25, 0.3) is 0 Å². The molecule has 2 N–H and O–H groups in total. The number of hydrogen-bond donors (Lipinski definition) is 2. The van der Waals surface area contributed by atoms with E-state index in [1.54, 1.807) is 0 Å². The zero-order chi connectivity index (χ0) is 11.2. The molecule has 6 nitrogen and oxygen atoms in total. The molecule has 0 fully saturated rings. The van der Waals surface area contributed by atoms with Crippen LogP contribution in [0.4, 0.5) is 0 Å². The smallest absolute Gasteiger partial charge is 0.326 e. The molecule has 0 aliphatic rings. The highest BCUT2D eigenvalue weighted by atomic mass is 31.2. The van der Waals surface area contributed by atoms with Crippen molar-refractivity contribution in [3.05, 3.63) is 25.3 Å². The third-order valence-electron chi connectivity index (χ3n) is 1.23. The fourth-order valence-corrected chi connectivity index (χ4v) is 2.66. The summed E-state index contributed by atoms with van der Waals surface area (Å²) in [6, 6.07) is 0. The van der Waals surface area contributed by atoms with E-state index in [0.717, 1.165) is 4.67 Å². The molecule has 0 spiro atoms. The Hall–Kier alpha value is -0.220. The van der Waals surface area contributed by atoms with Gasteiger partial charge >= 0.3 is 16.0 Å². The number of nitrogens with zero attached hydrogens (tertiary/aromatic N) is 1. The average Bonchev–Trinajstić information content (AvgIpc) is 2.01. The van der Waals surface area contributed by atoms with Gasteiger partial charge in [-0.15, -0.1) is 13.2 Å². The lowest BCUT2D eigenvalue weighted by Gasteiger charge is -2.22. The summed E-state index contributed by atoms with van der Waals surface area (Å²) in [5.74, 6) is 0. The van der Waals surface area contributed by atoms with E-state index >= 15 is 0 Å². The zero-order valence-corrected chi connectivity index (χ0v) is 9.39. The van der Waals surface area contributed by atoms with E-state index in [1.807, 2.05) is 0 Å². The molecule has 82 valence electrons. The summed E-state index contributed by atoms with van der Waals surface area (Å²) >= 11 is 0. The predicted molar refractivity (Wildman–Crippen MR) is 54.1 cm³/mol. The van der Waals surface area contributed by atoms with Crippen molar-refractivity contribution in [2.45, 2.75) is 0 Å². The maximum Gasteiger partial charge on any atom is 0.413 e. The van der Waals surface area contributed by atoms with Crippen LogP contribution >= 0.6 is 16.0 Å². The van der Waals surface area contributed by atoms with Crippen molar-refractivity contribution < 1.29 is 23.2 Å². The van der Waals surface area contributed by atoms with Crippen LogP contribution in [0, 0.1) is 0 Å². The lowest BCUT2D eigenvalue weighted by Crippen LogP contribution is -2.20. The Kier molecular flexibility index (Phi) is 6.20. The molecule has 8 heteroatoms. The first-order valence-corrected chi connectivity index (χ1v) is 6.46. The maximum atomic E-state index is 11.3. The minimum Gasteiger partial charge on any atom is -0.326 e. The third kappa shape index (κ3) is 4.86. The molecule has 2 atom stereocenters. The Labute approximate surface area is 83.0 Å². The Morgan fingerprint density at radius 1 is 1.43 bits per heavy atom. The quantitative estimate of drug-likeness (QED) is 0.513. The average molecular weight is 241 g/mol. The van der Waals surface area contributed by atoms with Crippen molar-refractivity contribution in [3.8, 4) is 0 Å². The van der Waals surface area contributed by atoms with Gasteiger partial charge in [-0.3, -0.25) is 4.57 Å². The molecule has 2 unspecified atom stereocenters. The minimum absolute atomic E-state index is 0.0644. The molecule has 0 aromatic heterocycles. The molecule has 0 heterocycles. The van der Waals surface area contributed by atoms with Gasteiger partial charge in [0.2, 0.25) is 0 Å². The van der Waals surface area contributed by atoms with Crippen LogP contribution in [0.2, 0.25) is 0 Å². The molecule has 0 amide bonds. The van der Waals surface area contributed by atoms with Gasteiger partial charge in [0.1, 0.15) is 0 Å². The van der Waals surface area contributed by atoms with Crippen LogP contribution in [0.15, 0.2) is 25.3 Å². The summed E-state index contributed by atoms with van der Waals surface area (Å²) in [5.41, 5.74) is 0. The predicted octanol–water partition coefficient (Wildman–Crippen LogP) is 1.16. The Morgan fingerprint density at radius 3 is 2.14 bits per heavy atom. The van der Waals surface area contributed by atoms with Gasteiger partial charge in [-0.05, 0) is 0 Å². The summed E-state index contributed by atoms with van der Waals surface area (Å²) in [5, 5.41) is 0. The highest BCUT2D eigenvalue weighted by molar-refractivity contribution is 7.57. The van der Waals surface area contributed by atoms with Crippen molar-refractivity contribution in [3.63, 3.8) is 0 Å². The molecule has 0 aliphatic heterocycles. The van der Waals surface area contributed by atoms with Crippen molar-refractivity contribution in [2.75, 3.05) is 13.1 Å². The molecule has 0 aromatic rings. The standard InChI is InChI=1S/C6H13NO5P2/c1-3-5-7(6-4-2)14(10,11)12-13(8)9/h3-4,13H,1-2,5-6H2,(H,8,9)(H,10,11). The normalized spacial score (nSPS) is 17.4. The second-order valence-electron chi connectivity index (χ2n) is 2.30. The SMILES string of the molecule is C=CCN(CC=C)P(=O)(O)O[PH](=O)O. The third-order valence-corrected chi connectivity index (χ3v) is 3.85. The summed E-state index contributed by atoms with van der Waals surface area (Å²) in [6.45, 7) is 6.89. The van der Waals surface area contributed by atoms with Crippen molar-refractivity contribution in [1.29, 1.82) is 0 Å². The molecule has 0 saturated carbocycles. The number of rotatable bonds is 7. The maximum absolute atomic E-state index is 11.3. The highest BCUT2D eigenvalue weighted by Crippen LogP contribution is 2.52. The fourth-order valence-electron chi connectivity index (χ4n) is 0.738. The molecular weight excluding hydrogens is 228 g/mol. The van der Waals surface area contributed by atoms with Gasteiger partial charge in [0, 0.05) is 13.1 Å². The summed E-state index contributed by atoms with van der Waals surface area (Å²) in [6.07, 6.45) is 2.76. The van der Waals surface area contributed by atoms with Crippen LogP contribution in [0.25, 0.3) is 0 Å². The lowest BCUT2D eigenvalue weighted by molar-refractivity contribution is 0.287. The van der Waals surface area contributed by atoms with Crippen LogP contribution in [0.3, 0.4) is 0 Å². The zero-order valence-electron chi connectivity index (χ0n) is 7.50. The van der Waals surface area contributed by atoms with Gasteiger partial charge < -0.3 is 9.79 Å². The first-order chi connectivity index (χ1) is 6.44. The summed E-state index contributed by atoms with van der Waals surface area (Å²) in [4.78, 5) is 17.6. The van der Waals surface area contributed by atoms with Crippen LogP contribution < -0.4 is 0 Å². The van der Waals surface area contributed by atoms with Crippen LogP contribution in [0.5, 0.6) is 0 Å². The topological polar surface area (TPSA) is 87.1 Å². The van der Waals surface area contributed by atoms with Gasteiger partial charge in [-0.2, -0.15) is 0 Å². The fraction of sp³-hybridized carbons (Fsp3) is 0.333. The second kappa shape index (κ2) is 6.30. The van der Waals surface area contributed by atoms with Gasteiger partial charge in [0.15, 0.2) is 0 Å². The largest absolute Gasteiger partial charge is 0.413 e. The molecule has 0 bridgehead atoms. The van der Waals surface area contributed by atoms with E-state index in [0.29, 0.717) is 0 Å². The first-order valence-electron chi connectivity index (χ1n) is 3.66. The van der Waals surface area contributed by atoms with Crippen molar-refractivity contribution in [2.24, 2.45) is 0 Å². The summed E-state index contributed by atoms with van der Waals surface area (Å²) < 4.78 is 26.6. The molecule has 14 heavy (non-hydrogen) atoms. The minimum atomic E-state index is -4.22. The van der Waals surface area contributed by atoms with Crippen LogP contribution in [0.1, 0.15) is 0 Å². The van der Waals surface area contributed by atoms with Crippen LogP contribution in [-0.4, -0.2) is 27.5 Å². The molecule has 0 aliphatic carbocycles. The summed E-state index contributed by atoms with van der Waals surface area (Å²) in [7, 11) is -7.66. The van der Waals surface area contributed by atoms with E-state index in [9.17, 15) is 14.0 Å². The molecule has 0 radical (unpaired) electrons. The number of hydrogen-bond acceptors (Lipinski definition) is 3. The molecule has 0 saturated heterocycles. The molecule has 0 rings (SSSR count). The Morgan fingerprint density at radius 2 is 1.86 bits per heavy atom. The van der Waals surface area contributed by atoms with E-state index in [2.05, 4.69) is 17.5 Å². The van der Waals surface area contributed by atoms with Gasteiger partial charge in [0.05, 0.1) is 0 Å². The molecular formula is C6H13NO5P2. The lowest BCUT2D eigenvalue weighted by atomic mass is 10.5. The Bertz CT molecular complexity index is 269. The monoisotopic (exact) mass is 241 g/mol. The van der Waals surface area contributed by atoms with Crippen LogP contribution in [-0.2, 0) is 13.4 Å². The van der Waals surface area contributed by atoms with E-state index in [4.69, 9.17) is 4.89 Å². The first kappa shape index (κ1) is 13.8. The Balaban J connectivity index is 4.59. The van der Waals surface area contributed by atoms with E-state index < -0.39 is 16.0 Å². The molecule has 0 aromatic carbocycles. The van der Waals surface area contributed by atoms with Gasteiger partial charge in [-0.25, -0.2) is 13.5 Å². The highest BCUT2D eigenvalue weighted by Gasteiger charge is 2.29. The van der Waals surface area contributed by atoms with E-state index in [1.165, 1.54) is 12.2 Å². The van der Waals surface area contributed by atoms with Crippen molar-refractivity contribution in [1.82, 2.24) is 4.67 Å². The van der Waals surface area contributed by atoms with Crippen molar-refractivity contribution >= 4 is 16.0 Å². The second-order valence-corrected chi connectivity index (χ2v) is 5.11. The van der Waals surface area contributed by atoms with E-state index in [-0.39, 0.29) is 13.1 Å².